The topological polar surface area (TPSA) is 38.1 Å². The Hall–Kier alpha value is -1.16. The molecule has 4 nitrogen and oxygen atoms in total. The molecule has 2 heterocycles. The van der Waals surface area contributed by atoms with Gasteiger partial charge in [-0.25, -0.2) is 4.68 Å². The van der Waals surface area contributed by atoms with E-state index < -0.39 is 0 Å². The maximum atomic E-state index is 11.6. The Morgan fingerprint density at radius 2 is 2.07 bits per heavy atom. The minimum Gasteiger partial charge on any atom is -0.294 e. The van der Waals surface area contributed by atoms with Gasteiger partial charge < -0.3 is 0 Å². The van der Waals surface area contributed by atoms with Gasteiger partial charge in [0.05, 0.1) is 6.54 Å². The van der Waals surface area contributed by atoms with E-state index in [1.165, 1.54) is 23.9 Å². The van der Waals surface area contributed by atoms with Crippen LogP contribution in [-0.4, -0.2) is 40.2 Å². The average Bonchev–Trinajstić information content (AvgIpc) is 2.72. The Morgan fingerprint density at radius 3 is 2.71 bits per heavy atom. The molecule has 2 rings (SSSR count). The van der Waals surface area contributed by atoms with Gasteiger partial charge in [-0.3, -0.25) is 9.69 Å². The average molecular weight is 193 g/mol. The molecule has 1 aromatic heterocycles. The first-order chi connectivity index (χ1) is 6.86. The van der Waals surface area contributed by atoms with Crippen LogP contribution in [0.4, 0.5) is 0 Å². The lowest BCUT2D eigenvalue weighted by molar-refractivity contribution is 0.0817. The quantitative estimate of drug-likeness (QED) is 0.703. The Labute approximate surface area is 83.5 Å². The standard InChI is InChI=1S/C10H15N3O/c14-10(13-8-4-5-11-13)9-12-6-2-1-3-7-12/h4-5,8H,1-3,6-7,9H2. The van der Waals surface area contributed by atoms with Gasteiger partial charge in [-0.05, 0) is 32.0 Å². The van der Waals surface area contributed by atoms with Crippen molar-refractivity contribution in [3.8, 4) is 0 Å². The lowest BCUT2D eigenvalue weighted by Gasteiger charge is -2.25. The first-order valence-electron chi connectivity index (χ1n) is 5.11. The first-order valence-corrected chi connectivity index (χ1v) is 5.11. The number of rotatable bonds is 2. The van der Waals surface area contributed by atoms with Crippen LogP contribution in [0.2, 0.25) is 0 Å². The number of carbonyl (C=O) groups excluding carboxylic acids is 1. The van der Waals surface area contributed by atoms with Crippen molar-refractivity contribution < 1.29 is 4.79 Å². The Bertz CT molecular complexity index is 288. The van der Waals surface area contributed by atoms with E-state index in [0.29, 0.717) is 6.54 Å². The van der Waals surface area contributed by atoms with Crippen LogP contribution in [0.3, 0.4) is 0 Å². The Morgan fingerprint density at radius 1 is 1.29 bits per heavy atom. The van der Waals surface area contributed by atoms with Crippen LogP contribution in [0.25, 0.3) is 0 Å². The predicted octanol–water partition coefficient (Wildman–Crippen LogP) is 1.01. The summed E-state index contributed by atoms with van der Waals surface area (Å²) in [5.74, 6) is 0.0666. The summed E-state index contributed by atoms with van der Waals surface area (Å²) in [7, 11) is 0. The highest BCUT2D eigenvalue weighted by Crippen LogP contribution is 2.08. The molecule has 1 aliphatic rings. The van der Waals surface area contributed by atoms with Gasteiger partial charge in [-0.15, -0.1) is 0 Å². The number of aromatic nitrogens is 2. The largest absolute Gasteiger partial charge is 0.294 e. The second-order valence-corrected chi connectivity index (χ2v) is 3.68. The molecule has 0 N–H and O–H groups in total. The summed E-state index contributed by atoms with van der Waals surface area (Å²) < 4.78 is 1.41. The summed E-state index contributed by atoms with van der Waals surface area (Å²) in [4.78, 5) is 13.8. The van der Waals surface area contributed by atoms with Crippen molar-refractivity contribution in [3.05, 3.63) is 18.5 Å². The highest BCUT2D eigenvalue weighted by atomic mass is 16.2. The molecule has 1 aromatic rings. The highest BCUT2D eigenvalue weighted by Gasteiger charge is 2.14. The third kappa shape index (κ3) is 2.20. The smallest absolute Gasteiger partial charge is 0.260 e. The summed E-state index contributed by atoms with van der Waals surface area (Å²) in [6, 6.07) is 1.77. The van der Waals surface area contributed by atoms with Gasteiger partial charge in [0.15, 0.2) is 0 Å². The van der Waals surface area contributed by atoms with Gasteiger partial charge in [-0.2, -0.15) is 5.10 Å². The summed E-state index contributed by atoms with van der Waals surface area (Å²) in [5.41, 5.74) is 0. The van der Waals surface area contributed by atoms with Crippen molar-refractivity contribution in [1.82, 2.24) is 14.7 Å². The van der Waals surface area contributed by atoms with Crippen LogP contribution in [-0.2, 0) is 0 Å². The van der Waals surface area contributed by atoms with Crippen LogP contribution >= 0.6 is 0 Å². The molecule has 0 aromatic carbocycles. The normalized spacial score (nSPS) is 18.3. The van der Waals surface area contributed by atoms with Crippen molar-refractivity contribution in [2.75, 3.05) is 19.6 Å². The lowest BCUT2D eigenvalue weighted by Crippen LogP contribution is -2.36. The maximum absolute atomic E-state index is 11.6. The predicted molar refractivity (Wildman–Crippen MR) is 53.1 cm³/mol. The number of hydrogen-bond acceptors (Lipinski definition) is 3. The maximum Gasteiger partial charge on any atom is 0.260 e. The fourth-order valence-corrected chi connectivity index (χ4v) is 1.80. The molecule has 76 valence electrons. The minimum atomic E-state index is 0.0666. The molecular weight excluding hydrogens is 178 g/mol. The number of carbonyl (C=O) groups is 1. The van der Waals surface area contributed by atoms with E-state index in [0.717, 1.165) is 13.1 Å². The Kier molecular flexibility index (Phi) is 2.93. The zero-order valence-electron chi connectivity index (χ0n) is 8.22. The minimum absolute atomic E-state index is 0.0666. The van der Waals surface area contributed by atoms with Crippen molar-refractivity contribution in [3.63, 3.8) is 0 Å². The third-order valence-electron chi connectivity index (χ3n) is 2.57. The van der Waals surface area contributed by atoms with Crippen LogP contribution in [0, 0.1) is 0 Å². The van der Waals surface area contributed by atoms with Gasteiger partial charge in [0.2, 0.25) is 0 Å². The summed E-state index contributed by atoms with van der Waals surface area (Å²) in [5, 5.41) is 3.92. The number of piperidine rings is 1. The third-order valence-corrected chi connectivity index (χ3v) is 2.57. The summed E-state index contributed by atoms with van der Waals surface area (Å²) in [6.45, 7) is 2.60. The lowest BCUT2D eigenvalue weighted by atomic mass is 10.1. The summed E-state index contributed by atoms with van der Waals surface area (Å²) in [6.07, 6.45) is 7.06. The van der Waals surface area contributed by atoms with Gasteiger partial charge in [0.1, 0.15) is 0 Å². The van der Waals surface area contributed by atoms with Crippen molar-refractivity contribution in [2.24, 2.45) is 0 Å². The molecule has 0 radical (unpaired) electrons. The van der Waals surface area contributed by atoms with Crippen LogP contribution in [0.1, 0.15) is 24.1 Å². The molecule has 0 bridgehead atoms. The highest BCUT2D eigenvalue weighted by molar-refractivity contribution is 5.79. The van der Waals surface area contributed by atoms with Crippen LogP contribution in [0.5, 0.6) is 0 Å². The SMILES string of the molecule is O=C(CN1CCCCC1)n1cccn1. The number of likely N-dealkylation sites (tertiary alicyclic amines) is 1. The van der Waals surface area contributed by atoms with Gasteiger partial charge in [0, 0.05) is 12.4 Å². The Balaban J connectivity index is 1.87. The molecular formula is C10H15N3O. The van der Waals surface area contributed by atoms with E-state index in [4.69, 9.17) is 0 Å². The molecule has 0 aliphatic carbocycles. The second kappa shape index (κ2) is 4.37. The van der Waals surface area contributed by atoms with E-state index in [1.54, 1.807) is 18.5 Å². The molecule has 0 atom stereocenters. The van der Waals surface area contributed by atoms with Crippen molar-refractivity contribution in [2.45, 2.75) is 19.3 Å². The van der Waals surface area contributed by atoms with Crippen LogP contribution in [0.15, 0.2) is 18.5 Å². The molecule has 1 saturated heterocycles. The first kappa shape index (κ1) is 9.40. The molecule has 1 fully saturated rings. The second-order valence-electron chi connectivity index (χ2n) is 3.68. The van der Waals surface area contributed by atoms with E-state index in [9.17, 15) is 4.79 Å². The van der Waals surface area contributed by atoms with E-state index in [1.807, 2.05) is 0 Å². The van der Waals surface area contributed by atoms with Crippen LogP contribution < -0.4 is 0 Å². The fourth-order valence-electron chi connectivity index (χ4n) is 1.80. The monoisotopic (exact) mass is 193 g/mol. The van der Waals surface area contributed by atoms with Crippen molar-refractivity contribution >= 4 is 5.91 Å². The van der Waals surface area contributed by atoms with Crippen molar-refractivity contribution in [1.29, 1.82) is 0 Å². The van der Waals surface area contributed by atoms with Gasteiger partial charge in [-0.1, -0.05) is 6.42 Å². The zero-order valence-corrected chi connectivity index (χ0v) is 8.22. The van der Waals surface area contributed by atoms with E-state index >= 15 is 0 Å². The molecule has 0 amide bonds. The number of hydrogen-bond donors (Lipinski definition) is 0. The van der Waals surface area contributed by atoms with Gasteiger partial charge in [0.25, 0.3) is 5.91 Å². The number of nitrogens with zero attached hydrogens (tertiary/aromatic N) is 3. The van der Waals surface area contributed by atoms with Gasteiger partial charge >= 0.3 is 0 Å². The molecule has 14 heavy (non-hydrogen) atoms. The molecule has 0 unspecified atom stereocenters. The van der Waals surface area contributed by atoms with E-state index in [2.05, 4.69) is 10.00 Å². The molecule has 0 saturated carbocycles. The molecule has 1 aliphatic heterocycles. The fraction of sp³-hybridized carbons (Fsp3) is 0.600. The summed E-state index contributed by atoms with van der Waals surface area (Å²) >= 11 is 0. The molecule has 0 spiro atoms. The van der Waals surface area contributed by atoms with E-state index in [-0.39, 0.29) is 5.91 Å². The zero-order chi connectivity index (χ0) is 9.80. The molecule has 4 heteroatoms.